The molecule has 1 aliphatic rings. The first kappa shape index (κ1) is 16.2. The number of ether oxygens (including phenoxy) is 2. The maximum atomic E-state index is 12.8. The lowest BCUT2D eigenvalue weighted by Crippen LogP contribution is -2.44. The zero-order valence-corrected chi connectivity index (χ0v) is 14.2. The van der Waals surface area contributed by atoms with Crippen molar-refractivity contribution < 1.29 is 14.3 Å². The molecule has 0 saturated carbocycles. The minimum absolute atomic E-state index is 0.0620. The van der Waals surface area contributed by atoms with Gasteiger partial charge < -0.3 is 14.8 Å². The van der Waals surface area contributed by atoms with Gasteiger partial charge in [-0.15, -0.1) is 0 Å². The van der Waals surface area contributed by atoms with Crippen LogP contribution in [-0.2, 0) is 0 Å². The summed E-state index contributed by atoms with van der Waals surface area (Å²) >= 11 is 0. The van der Waals surface area contributed by atoms with E-state index in [0.717, 1.165) is 17.0 Å². The molecule has 0 aromatic heterocycles. The van der Waals surface area contributed by atoms with Crippen LogP contribution in [0.1, 0.15) is 19.4 Å². The summed E-state index contributed by atoms with van der Waals surface area (Å²) in [7, 11) is 0. The van der Waals surface area contributed by atoms with E-state index in [-0.39, 0.29) is 12.1 Å². The van der Waals surface area contributed by atoms with Crippen molar-refractivity contribution in [1.82, 2.24) is 0 Å². The number of benzene rings is 2. The lowest BCUT2D eigenvalue weighted by molar-refractivity contribution is 0.208. The predicted octanol–water partition coefficient (Wildman–Crippen LogP) is 4.21. The van der Waals surface area contributed by atoms with E-state index in [1.807, 2.05) is 63.2 Å². The maximum Gasteiger partial charge on any atom is 0.326 e. The van der Waals surface area contributed by atoms with Gasteiger partial charge in [0.25, 0.3) is 0 Å². The van der Waals surface area contributed by atoms with Gasteiger partial charge in [0.1, 0.15) is 17.6 Å². The Labute approximate surface area is 142 Å². The first-order chi connectivity index (χ1) is 11.6. The van der Waals surface area contributed by atoms with Gasteiger partial charge in [0.2, 0.25) is 0 Å². The van der Waals surface area contributed by atoms with E-state index < -0.39 is 0 Å². The van der Waals surface area contributed by atoms with Crippen molar-refractivity contribution in [3.63, 3.8) is 0 Å². The third-order valence-electron chi connectivity index (χ3n) is 3.85. The fourth-order valence-electron chi connectivity index (χ4n) is 2.77. The van der Waals surface area contributed by atoms with Gasteiger partial charge in [0.05, 0.1) is 24.5 Å². The number of carbonyl (C=O) groups is 1. The fraction of sp³-hybridized carbons (Fsp3) is 0.316. The number of anilines is 2. The monoisotopic (exact) mass is 326 g/mol. The molecule has 3 rings (SSSR count). The van der Waals surface area contributed by atoms with Crippen LogP contribution < -0.4 is 19.7 Å². The molecule has 2 aromatic rings. The number of nitrogens with one attached hydrogen (secondary N) is 1. The molecule has 1 heterocycles. The molecule has 0 saturated heterocycles. The number of urea groups is 1. The molecule has 0 radical (unpaired) electrons. The zero-order valence-electron chi connectivity index (χ0n) is 14.2. The zero-order chi connectivity index (χ0) is 17.1. The summed E-state index contributed by atoms with van der Waals surface area (Å²) < 4.78 is 11.4. The van der Waals surface area contributed by atoms with Gasteiger partial charge in [-0.25, -0.2) is 4.79 Å². The van der Waals surface area contributed by atoms with Gasteiger partial charge in [0.15, 0.2) is 0 Å². The van der Waals surface area contributed by atoms with Crippen LogP contribution in [0.25, 0.3) is 0 Å². The number of fused-ring (bicyclic) bond motifs is 1. The van der Waals surface area contributed by atoms with E-state index in [9.17, 15) is 4.79 Å². The topological polar surface area (TPSA) is 50.8 Å². The van der Waals surface area contributed by atoms with Crippen LogP contribution in [0.4, 0.5) is 16.2 Å². The summed E-state index contributed by atoms with van der Waals surface area (Å²) in [6, 6.07) is 13.1. The summed E-state index contributed by atoms with van der Waals surface area (Å²) in [5.41, 5.74) is 2.54. The minimum Gasteiger partial charge on any atom is -0.492 e. The van der Waals surface area contributed by atoms with Gasteiger partial charge >= 0.3 is 6.03 Å². The number of aryl methyl sites for hydroxylation is 1. The lowest BCUT2D eigenvalue weighted by Gasteiger charge is -2.33. The Kier molecular flexibility index (Phi) is 4.60. The van der Waals surface area contributed by atoms with Crippen LogP contribution in [0.5, 0.6) is 11.5 Å². The van der Waals surface area contributed by atoms with Gasteiger partial charge in [-0.1, -0.05) is 18.2 Å². The second-order valence-electron chi connectivity index (χ2n) is 5.87. The van der Waals surface area contributed by atoms with Crippen molar-refractivity contribution >= 4 is 17.4 Å². The maximum absolute atomic E-state index is 12.8. The fourth-order valence-corrected chi connectivity index (χ4v) is 2.77. The van der Waals surface area contributed by atoms with Crippen LogP contribution in [0, 0.1) is 6.92 Å². The summed E-state index contributed by atoms with van der Waals surface area (Å²) in [6.07, 6.45) is -0.0620. The van der Waals surface area contributed by atoms with E-state index in [2.05, 4.69) is 5.32 Å². The Morgan fingerprint density at radius 2 is 2.12 bits per heavy atom. The predicted molar refractivity (Wildman–Crippen MR) is 95.2 cm³/mol. The summed E-state index contributed by atoms with van der Waals surface area (Å²) in [6.45, 7) is 6.92. The molecule has 0 bridgehead atoms. The molecule has 1 atom stereocenters. The van der Waals surface area contributed by atoms with Crippen LogP contribution in [0.15, 0.2) is 42.5 Å². The molecule has 126 valence electrons. The average molecular weight is 326 g/mol. The number of rotatable bonds is 3. The summed E-state index contributed by atoms with van der Waals surface area (Å²) in [5, 5.41) is 2.95. The normalized spacial score (nSPS) is 16.1. The smallest absolute Gasteiger partial charge is 0.326 e. The van der Waals surface area contributed by atoms with Crippen molar-refractivity contribution in [2.45, 2.75) is 26.9 Å². The first-order valence-electron chi connectivity index (χ1n) is 8.16. The molecule has 5 heteroatoms. The van der Waals surface area contributed by atoms with E-state index in [4.69, 9.17) is 9.47 Å². The van der Waals surface area contributed by atoms with Crippen LogP contribution in [0.3, 0.4) is 0 Å². The van der Waals surface area contributed by atoms with Crippen molar-refractivity contribution in [3.05, 3.63) is 48.0 Å². The van der Waals surface area contributed by atoms with Crippen LogP contribution in [-0.4, -0.2) is 25.3 Å². The van der Waals surface area contributed by atoms with Gasteiger partial charge in [0, 0.05) is 0 Å². The highest BCUT2D eigenvalue weighted by molar-refractivity contribution is 6.03. The van der Waals surface area contributed by atoms with Crippen molar-refractivity contribution in [2.75, 3.05) is 23.4 Å². The lowest BCUT2D eigenvalue weighted by atomic mass is 10.1. The molecule has 0 fully saturated rings. The Balaban J connectivity index is 1.87. The molecule has 0 spiro atoms. The standard InChI is InChI=1S/C19H22N2O3/c1-4-23-17-8-6-5-7-15(17)20-19(22)21-12-14(3)24-18-10-9-13(2)11-16(18)21/h5-11,14H,4,12H2,1-3H3,(H,20,22). The number of carbonyl (C=O) groups excluding carboxylic acids is 1. The Hall–Kier alpha value is -2.69. The van der Waals surface area contributed by atoms with Crippen LogP contribution in [0.2, 0.25) is 0 Å². The highest BCUT2D eigenvalue weighted by Crippen LogP contribution is 2.35. The SMILES string of the molecule is CCOc1ccccc1NC(=O)N1CC(C)Oc2ccc(C)cc21. The molecule has 5 nitrogen and oxygen atoms in total. The van der Waals surface area contributed by atoms with E-state index in [1.165, 1.54) is 0 Å². The number of para-hydroxylation sites is 2. The molecule has 2 amide bonds. The van der Waals surface area contributed by atoms with Crippen molar-refractivity contribution in [1.29, 1.82) is 0 Å². The molecular formula is C19H22N2O3. The highest BCUT2D eigenvalue weighted by atomic mass is 16.5. The largest absolute Gasteiger partial charge is 0.492 e. The van der Waals surface area contributed by atoms with E-state index >= 15 is 0 Å². The number of hydrogen-bond acceptors (Lipinski definition) is 3. The number of amides is 2. The highest BCUT2D eigenvalue weighted by Gasteiger charge is 2.28. The summed E-state index contributed by atoms with van der Waals surface area (Å²) in [4.78, 5) is 14.6. The quantitative estimate of drug-likeness (QED) is 0.919. The van der Waals surface area contributed by atoms with E-state index in [0.29, 0.717) is 24.6 Å². The third kappa shape index (κ3) is 3.30. The van der Waals surface area contributed by atoms with E-state index in [1.54, 1.807) is 4.90 Å². The minimum atomic E-state index is -0.191. The molecular weight excluding hydrogens is 304 g/mol. The Morgan fingerprint density at radius 3 is 2.92 bits per heavy atom. The molecule has 24 heavy (non-hydrogen) atoms. The average Bonchev–Trinajstić information content (AvgIpc) is 2.56. The Bertz CT molecular complexity index is 745. The molecule has 1 unspecified atom stereocenters. The second-order valence-corrected chi connectivity index (χ2v) is 5.87. The molecule has 1 aliphatic heterocycles. The molecule has 1 N–H and O–H groups in total. The van der Waals surface area contributed by atoms with Gasteiger partial charge in [-0.05, 0) is 50.6 Å². The van der Waals surface area contributed by atoms with Crippen molar-refractivity contribution in [2.24, 2.45) is 0 Å². The Morgan fingerprint density at radius 1 is 1.33 bits per heavy atom. The molecule has 2 aromatic carbocycles. The molecule has 0 aliphatic carbocycles. The van der Waals surface area contributed by atoms with Crippen LogP contribution >= 0.6 is 0 Å². The number of nitrogens with zero attached hydrogens (tertiary/aromatic N) is 1. The number of hydrogen-bond donors (Lipinski definition) is 1. The second kappa shape index (κ2) is 6.83. The summed E-state index contributed by atoms with van der Waals surface area (Å²) in [5.74, 6) is 1.40. The van der Waals surface area contributed by atoms with Gasteiger partial charge in [-0.2, -0.15) is 0 Å². The van der Waals surface area contributed by atoms with Gasteiger partial charge in [-0.3, -0.25) is 4.90 Å². The first-order valence-corrected chi connectivity index (χ1v) is 8.16. The third-order valence-corrected chi connectivity index (χ3v) is 3.85. The van der Waals surface area contributed by atoms with Crippen molar-refractivity contribution in [3.8, 4) is 11.5 Å².